The van der Waals surface area contributed by atoms with Gasteiger partial charge in [0.2, 0.25) is 6.79 Å². The number of likely N-dealkylation sites (N-methyl/N-ethyl adjacent to an activating group) is 1. The summed E-state index contributed by atoms with van der Waals surface area (Å²) in [5.41, 5.74) is 0.374. The Balaban J connectivity index is 1.72. The van der Waals surface area contributed by atoms with E-state index < -0.39 is 24.4 Å². The standard InChI is InChI=1S/C22H23ClN2O5/c1-15-10-11-16(13-24-15)20(27)29-14-30-21(28)25(2)22(12-6-5-9-19(22)26)17-7-3-4-8-18(17)23/h3-4,7-8,10-11,13H,5-6,9,12,14H2,1-2H3. The van der Waals surface area contributed by atoms with Crippen molar-refractivity contribution in [3.8, 4) is 0 Å². The average Bonchev–Trinajstić information content (AvgIpc) is 2.74. The van der Waals surface area contributed by atoms with E-state index in [0.717, 1.165) is 18.5 Å². The molecule has 1 heterocycles. The molecule has 1 saturated carbocycles. The summed E-state index contributed by atoms with van der Waals surface area (Å²) in [4.78, 5) is 43.1. The molecule has 0 bridgehead atoms. The number of carbonyl (C=O) groups is 3. The first kappa shape index (κ1) is 21.8. The number of aryl methyl sites for hydroxylation is 1. The average molecular weight is 431 g/mol. The predicted molar refractivity (Wildman–Crippen MR) is 110 cm³/mol. The zero-order chi connectivity index (χ0) is 21.7. The SMILES string of the molecule is Cc1ccc(C(=O)OCOC(=O)N(C)C2(c3ccccc3Cl)CCCCC2=O)cn1. The molecular weight excluding hydrogens is 408 g/mol. The van der Waals surface area contributed by atoms with E-state index >= 15 is 0 Å². The van der Waals surface area contributed by atoms with E-state index in [1.807, 2.05) is 0 Å². The topological polar surface area (TPSA) is 85.8 Å². The van der Waals surface area contributed by atoms with Gasteiger partial charge in [0, 0.05) is 35.9 Å². The lowest BCUT2D eigenvalue weighted by molar-refractivity contribution is -0.133. The van der Waals surface area contributed by atoms with Gasteiger partial charge in [-0.1, -0.05) is 29.8 Å². The molecule has 30 heavy (non-hydrogen) atoms. The molecule has 1 aliphatic rings. The number of benzene rings is 1. The van der Waals surface area contributed by atoms with Crippen LogP contribution in [-0.4, -0.2) is 41.6 Å². The Morgan fingerprint density at radius 3 is 2.60 bits per heavy atom. The molecule has 0 N–H and O–H groups in total. The van der Waals surface area contributed by atoms with Gasteiger partial charge in [0.1, 0.15) is 5.54 Å². The van der Waals surface area contributed by atoms with Crippen molar-refractivity contribution in [2.24, 2.45) is 0 Å². The highest BCUT2D eigenvalue weighted by atomic mass is 35.5. The number of rotatable bonds is 5. The summed E-state index contributed by atoms with van der Waals surface area (Å²) < 4.78 is 10.1. The Bertz CT molecular complexity index is 947. The first-order valence-corrected chi connectivity index (χ1v) is 10.0. The Labute approximate surface area is 179 Å². The van der Waals surface area contributed by atoms with Gasteiger partial charge >= 0.3 is 12.1 Å². The van der Waals surface area contributed by atoms with Gasteiger partial charge in [-0.15, -0.1) is 0 Å². The fourth-order valence-corrected chi connectivity index (χ4v) is 3.98. The lowest BCUT2D eigenvalue weighted by Crippen LogP contribution is -2.54. The summed E-state index contributed by atoms with van der Waals surface area (Å²) in [5, 5.41) is 0.408. The fraction of sp³-hybridized carbons (Fsp3) is 0.364. The second-order valence-electron chi connectivity index (χ2n) is 7.18. The third-order valence-electron chi connectivity index (χ3n) is 5.34. The van der Waals surface area contributed by atoms with Crippen LogP contribution in [0, 0.1) is 6.92 Å². The van der Waals surface area contributed by atoms with Crippen LogP contribution in [0.1, 0.15) is 47.3 Å². The Hall–Kier alpha value is -2.93. The number of ether oxygens (including phenoxy) is 2. The van der Waals surface area contributed by atoms with E-state index in [9.17, 15) is 14.4 Å². The molecule has 0 saturated heterocycles. The van der Waals surface area contributed by atoms with Crippen LogP contribution >= 0.6 is 11.6 Å². The second kappa shape index (κ2) is 9.26. The lowest BCUT2D eigenvalue weighted by atomic mass is 9.74. The summed E-state index contributed by atoms with van der Waals surface area (Å²) in [6.45, 7) is 1.22. The van der Waals surface area contributed by atoms with Gasteiger partial charge in [0.25, 0.3) is 0 Å². The highest BCUT2D eigenvalue weighted by Crippen LogP contribution is 2.42. The van der Waals surface area contributed by atoms with Crippen molar-refractivity contribution in [1.29, 1.82) is 0 Å². The van der Waals surface area contributed by atoms with E-state index in [0.29, 0.717) is 23.4 Å². The van der Waals surface area contributed by atoms with Crippen LogP contribution in [0.15, 0.2) is 42.6 Å². The van der Waals surface area contributed by atoms with E-state index in [4.69, 9.17) is 21.1 Å². The quantitative estimate of drug-likeness (QED) is 0.520. The van der Waals surface area contributed by atoms with Gasteiger partial charge in [-0.05, 0) is 44.4 Å². The van der Waals surface area contributed by atoms with Crippen LogP contribution < -0.4 is 0 Å². The maximum absolute atomic E-state index is 13.0. The van der Waals surface area contributed by atoms with E-state index in [-0.39, 0.29) is 11.3 Å². The molecular formula is C22H23ClN2O5. The van der Waals surface area contributed by atoms with Gasteiger partial charge in [0.15, 0.2) is 5.78 Å². The van der Waals surface area contributed by atoms with Crippen molar-refractivity contribution >= 4 is 29.4 Å². The molecule has 3 rings (SSSR count). The molecule has 1 aromatic carbocycles. The van der Waals surface area contributed by atoms with E-state index in [1.54, 1.807) is 43.3 Å². The third kappa shape index (κ3) is 4.31. The summed E-state index contributed by atoms with van der Waals surface area (Å²) in [5.74, 6) is -0.753. The largest absolute Gasteiger partial charge is 0.424 e. The van der Waals surface area contributed by atoms with Crippen LogP contribution in [0.4, 0.5) is 4.79 Å². The highest BCUT2D eigenvalue weighted by molar-refractivity contribution is 6.31. The van der Waals surface area contributed by atoms with Crippen molar-refractivity contribution in [3.05, 3.63) is 64.4 Å². The van der Waals surface area contributed by atoms with Gasteiger partial charge < -0.3 is 9.47 Å². The fourth-order valence-electron chi connectivity index (χ4n) is 3.69. The van der Waals surface area contributed by atoms with Gasteiger partial charge in [-0.2, -0.15) is 0 Å². The maximum atomic E-state index is 13.0. The second-order valence-corrected chi connectivity index (χ2v) is 7.58. The number of ketones is 1. The molecule has 1 aromatic heterocycles. The summed E-state index contributed by atoms with van der Waals surface area (Å²) in [6.07, 6.45) is 2.92. The number of aromatic nitrogens is 1. The third-order valence-corrected chi connectivity index (χ3v) is 5.67. The molecule has 2 aromatic rings. The molecule has 7 nitrogen and oxygen atoms in total. The molecule has 1 unspecified atom stereocenters. The monoisotopic (exact) mass is 430 g/mol. The number of amides is 1. The first-order valence-electron chi connectivity index (χ1n) is 9.65. The van der Waals surface area contributed by atoms with Crippen molar-refractivity contribution in [2.75, 3.05) is 13.8 Å². The number of carbonyl (C=O) groups excluding carboxylic acids is 3. The number of Topliss-reactive ketones (excluding diaryl/α,β-unsaturated/α-hetero) is 1. The number of hydrogen-bond donors (Lipinski definition) is 0. The summed E-state index contributed by atoms with van der Waals surface area (Å²) in [7, 11) is 1.50. The lowest BCUT2D eigenvalue weighted by Gasteiger charge is -2.43. The van der Waals surface area contributed by atoms with E-state index in [1.165, 1.54) is 18.1 Å². The molecule has 0 radical (unpaired) electrons. The Morgan fingerprint density at radius 2 is 1.93 bits per heavy atom. The highest BCUT2D eigenvalue weighted by Gasteiger charge is 2.48. The molecule has 1 fully saturated rings. The molecule has 0 aliphatic heterocycles. The molecule has 8 heteroatoms. The van der Waals surface area contributed by atoms with Crippen molar-refractivity contribution in [3.63, 3.8) is 0 Å². The normalized spacial score (nSPS) is 18.6. The molecule has 158 valence electrons. The van der Waals surface area contributed by atoms with Crippen LogP contribution in [0.2, 0.25) is 5.02 Å². The van der Waals surface area contributed by atoms with Crippen molar-refractivity contribution < 1.29 is 23.9 Å². The number of esters is 1. The molecule has 1 aliphatic carbocycles. The molecule has 1 amide bonds. The van der Waals surface area contributed by atoms with Crippen LogP contribution in [-0.2, 0) is 19.8 Å². The maximum Gasteiger partial charge on any atom is 0.413 e. The minimum atomic E-state index is -1.21. The zero-order valence-electron chi connectivity index (χ0n) is 16.9. The van der Waals surface area contributed by atoms with Crippen LogP contribution in [0.5, 0.6) is 0 Å². The minimum absolute atomic E-state index is 0.0935. The van der Waals surface area contributed by atoms with Gasteiger partial charge in [-0.25, -0.2) is 9.59 Å². The van der Waals surface area contributed by atoms with E-state index in [2.05, 4.69) is 4.98 Å². The summed E-state index contributed by atoms with van der Waals surface area (Å²) >= 11 is 6.38. The van der Waals surface area contributed by atoms with Crippen molar-refractivity contribution in [1.82, 2.24) is 9.88 Å². The smallest absolute Gasteiger partial charge is 0.413 e. The predicted octanol–water partition coefficient (Wildman–Crippen LogP) is 4.26. The molecule has 1 atom stereocenters. The Morgan fingerprint density at radius 1 is 1.17 bits per heavy atom. The van der Waals surface area contributed by atoms with Gasteiger partial charge in [-0.3, -0.25) is 14.7 Å². The zero-order valence-corrected chi connectivity index (χ0v) is 17.6. The molecule has 0 spiro atoms. The summed E-state index contributed by atoms with van der Waals surface area (Å²) in [6, 6.07) is 10.2. The Kier molecular flexibility index (Phi) is 6.72. The number of nitrogens with zero attached hydrogens (tertiary/aromatic N) is 2. The minimum Gasteiger partial charge on any atom is -0.424 e. The van der Waals surface area contributed by atoms with Crippen LogP contribution in [0.3, 0.4) is 0 Å². The number of hydrogen-bond acceptors (Lipinski definition) is 6. The van der Waals surface area contributed by atoms with Crippen molar-refractivity contribution in [2.45, 2.75) is 38.1 Å². The van der Waals surface area contributed by atoms with Crippen LogP contribution in [0.25, 0.3) is 0 Å². The number of pyridine rings is 1. The van der Waals surface area contributed by atoms with Gasteiger partial charge in [0.05, 0.1) is 5.56 Å². The first-order chi connectivity index (χ1) is 14.4. The number of halogens is 1.